The van der Waals surface area contributed by atoms with E-state index in [2.05, 4.69) is 5.32 Å². The van der Waals surface area contributed by atoms with Gasteiger partial charge in [0.15, 0.2) is 0 Å². The lowest BCUT2D eigenvalue weighted by atomic mass is 10.0. The van der Waals surface area contributed by atoms with Crippen LogP contribution in [0.25, 0.3) is 0 Å². The van der Waals surface area contributed by atoms with Crippen LogP contribution in [0.15, 0.2) is 0 Å². The van der Waals surface area contributed by atoms with Crippen molar-refractivity contribution >= 4 is 29.8 Å². The zero-order chi connectivity index (χ0) is 22.6. The molecule has 9 heteroatoms. The summed E-state index contributed by atoms with van der Waals surface area (Å²) in [6.07, 6.45) is 1.87. The van der Waals surface area contributed by atoms with Crippen molar-refractivity contribution in [2.75, 3.05) is 38.7 Å². The molecule has 1 aliphatic heterocycles. The van der Waals surface area contributed by atoms with Crippen LogP contribution in [-0.4, -0.2) is 67.1 Å². The second kappa shape index (κ2) is 13.0. The summed E-state index contributed by atoms with van der Waals surface area (Å²) in [5.41, 5.74) is -0.594. The van der Waals surface area contributed by atoms with E-state index in [1.54, 1.807) is 34.6 Å². The summed E-state index contributed by atoms with van der Waals surface area (Å²) in [4.78, 5) is 37.6. The molecule has 30 heavy (non-hydrogen) atoms. The molecule has 1 heterocycles. The molecule has 0 aliphatic carbocycles. The van der Waals surface area contributed by atoms with Crippen molar-refractivity contribution in [3.05, 3.63) is 0 Å². The van der Waals surface area contributed by atoms with Gasteiger partial charge in [-0.1, -0.05) is 0 Å². The van der Waals surface area contributed by atoms with Crippen LogP contribution in [0.3, 0.4) is 0 Å². The number of amides is 1. The number of hydrogen-bond acceptors (Lipinski definition) is 8. The maximum absolute atomic E-state index is 12.9. The van der Waals surface area contributed by atoms with Crippen molar-refractivity contribution in [1.82, 2.24) is 5.32 Å². The molecule has 0 saturated carbocycles. The topological polar surface area (TPSA) is 100 Å². The van der Waals surface area contributed by atoms with E-state index in [1.165, 1.54) is 11.8 Å². The van der Waals surface area contributed by atoms with Crippen LogP contribution in [0, 0.1) is 5.92 Å². The Morgan fingerprint density at radius 3 is 2.10 bits per heavy atom. The van der Waals surface area contributed by atoms with E-state index in [4.69, 9.17) is 18.9 Å². The minimum absolute atomic E-state index is 0.175. The van der Waals surface area contributed by atoms with Gasteiger partial charge in [0, 0.05) is 19.8 Å². The first kappa shape index (κ1) is 26.6. The second-order valence-corrected chi connectivity index (χ2v) is 9.49. The number of hydrogen-bond donors (Lipinski definition) is 1. The summed E-state index contributed by atoms with van der Waals surface area (Å²) in [6, 6.07) is 0. The standard InChI is InChI=1S/C21H37NO7S/c1-6-27-17(23)21(18(24)28-7-2,30-15-16-9-13-26-14-10-16)11-8-12-22-19(25)29-20(3,4)5/h16H,6-15H2,1-5H3,(H,22,25). The molecule has 0 spiro atoms. The number of alkyl carbamates (subject to hydrolysis) is 1. The van der Waals surface area contributed by atoms with Crippen LogP contribution in [-0.2, 0) is 28.5 Å². The molecule has 0 aromatic carbocycles. The Hall–Kier alpha value is -1.48. The Bertz CT molecular complexity index is 538. The lowest BCUT2D eigenvalue weighted by Gasteiger charge is -2.31. The molecular weight excluding hydrogens is 410 g/mol. The third-order valence-corrected chi connectivity index (χ3v) is 6.16. The highest BCUT2D eigenvalue weighted by Gasteiger charge is 2.49. The first-order valence-electron chi connectivity index (χ1n) is 10.7. The number of thioether (sulfide) groups is 1. The molecule has 0 aromatic rings. The minimum Gasteiger partial charge on any atom is -0.465 e. The van der Waals surface area contributed by atoms with Gasteiger partial charge in [-0.05, 0) is 72.0 Å². The zero-order valence-corrected chi connectivity index (χ0v) is 19.7. The average molecular weight is 448 g/mol. The van der Waals surface area contributed by atoms with Crippen molar-refractivity contribution in [3.8, 4) is 0 Å². The van der Waals surface area contributed by atoms with Gasteiger partial charge in [-0.15, -0.1) is 11.8 Å². The van der Waals surface area contributed by atoms with Crippen molar-refractivity contribution in [2.24, 2.45) is 5.92 Å². The van der Waals surface area contributed by atoms with Crippen molar-refractivity contribution in [1.29, 1.82) is 0 Å². The van der Waals surface area contributed by atoms with Crippen LogP contribution in [0.1, 0.15) is 60.3 Å². The summed E-state index contributed by atoms with van der Waals surface area (Å²) < 4.78 is 19.7. The highest BCUT2D eigenvalue weighted by atomic mass is 32.2. The molecule has 0 radical (unpaired) electrons. The van der Waals surface area contributed by atoms with Gasteiger partial charge >= 0.3 is 18.0 Å². The number of esters is 2. The average Bonchev–Trinajstić information content (AvgIpc) is 2.67. The molecule has 8 nitrogen and oxygen atoms in total. The number of ether oxygens (including phenoxy) is 4. The van der Waals surface area contributed by atoms with Crippen molar-refractivity contribution in [3.63, 3.8) is 0 Å². The highest BCUT2D eigenvalue weighted by molar-refractivity contribution is 8.02. The predicted octanol–water partition coefficient (Wildman–Crippen LogP) is 3.32. The van der Waals surface area contributed by atoms with E-state index >= 15 is 0 Å². The van der Waals surface area contributed by atoms with E-state index < -0.39 is 28.4 Å². The Morgan fingerprint density at radius 2 is 1.60 bits per heavy atom. The SMILES string of the molecule is CCOC(=O)C(CCCNC(=O)OC(C)(C)C)(SCC1CCOCC1)C(=O)OCC. The Kier molecular flexibility index (Phi) is 11.5. The van der Waals surface area contributed by atoms with E-state index in [0.717, 1.165) is 12.8 Å². The molecule has 174 valence electrons. The van der Waals surface area contributed by atoms with Crippen molar-refractivity contribution in [2.45, 2.75) is 70.7 Å². The van der Waals surface area contributed by atoms with Gasteiger partial charge < -0.3 is 24.3 Å². The van der Waals surface area contributed by atoms with Gasteiger partial charge in [-0.2, -0.15) is 0 Å². The fraction of sp³-hybridized carbons (Fsp3) is 0.857. The predicted molar refractivity (Wildman–Crippen MR) is 115 cm³/mol. The Labute approximate surface area is 184 Å². The molecule has 1 saturated heterocycles. The molecule has 1 aliphatic rings. The fourth-order valence-electron chi connectivity index (χ4n) is 2.99. The van der Waals surface area contributed by atoms with E-state index in [1.807, 2.05) is 0 Å². The van der Waals surface area contributed by atoms with Gasteiger partial charge in [-0.25, -0.2) is 14.4 Å². The first-order valence-corrected chi connectivity index (χ1v) is 11.7. The quantitative estimate of drug-likeness (QED) is 0.223. The number of carbonyl (C=O) groups excluding carboxylic acids is 3. The molecule has 1 rings (SSSR count). The summed E-state index contributed by atoms with van der Waals surface area (Å²) in [7, 11) is 0. The van der Waals surface area contributed by atoms with E-state index in [-0.39, 0.29) is 26.2 Å². The third kappa shape index (κ3) is 9.12. The highest BCUT2D eigenvalue weighted by Crippen LogP contribution is 2.36. The summed E-state index contributed by atoms with van der Waals surface area (Å²) in [5.74, 6) is -0.164. The number of rotatable bonds is 11. The number of carbonyl (C=O) groups is 3. The van der Waals surface area contributed by atoms with Crippen LogP contribution < -0.4 is 5.32 Å². The minimum atomic E-state index is -1.44. The lowest BCUT2D eigenvalue weighted by molar-refractivity contribution is -0.159. The molecule has 0 bridgehead atoms. The molecular formula is C21H37NO7S. The number of nitrogens with one attached hydrogen (secondary N) is 1. The molecule has 1 N–H and O–H groups in total. The first-order chi connectivity index (χ1) is 14.1. The summed E-state index contributed by atoms with van der Waals surface area (Å²) in [6.45, 7) is 10.8. The van der Waals surface area contributed by atoms with Crippen LogP contribution in [0.5, 0.6) is 0 Å². The molecule has 1 fully saturated rings. The Morgan fingerprint density at radius 1 is 1.03 bits per heavy atom. The summed E-state index contributed by atoms with van der Waals surface area (Å²) >= 11 is 1.29. The fourth-order valence-corrected chi connectivity index (χ4v) is 4.48. The monoisotopic (exact) mass is 447 g/mol. The maximum Gasteiger partial charge on any atom is 0.407 e. The van der Waals surface area contributed by atoms with Gasteiger partial charge in [0.25, 0.3) is 0 Å². The molecule has 1 amide bonds. The molecule has 0 unspecified atom stereocenters. The van der Waals surface area contributed by atoms with Gasteiger partial charge in [0.05, 0.1) is 13.2 Å². The molecule has 0 atom stereocenters. The van der Waals surface area contributed by atoms with Gasteiger partial charge in [0.2, 0.25) is 4.75 Å². The van der Waals surface area contributed by atoms with Gasteiger partial charge in [-0.3, -0.25) is 0 Å². The van der Waals surface area contributed by atoms with Crippen molar-refractivity contribution < 1.29 is 33.3 Å². The van der Waals surface area contributed by atoms with Crippen LogP contribution in [0.2, 0.25) is 0 Å². The zero-order valence-electron chi connectivity index (χ0n) is 18.9. The Balaban J connectivity index is 2.82. The van der Waals surface area contributed by atoms with E-state index in [9.17, 15) is 14.4 Å². The normalized spacial score (nSPS) is 15.4. The van der Waals surface area contributed by atoms with Gasteiger partial charge in [0.1, 0.15) is 5.60 Å². The molecule has 0 aromatic heterocycles. The second-order valence-electron chi connectivity index (χ2n) is 8.17. The smallest absolute Gasteiger partial charge is 0.407 e. The van der Waals surface area contributed by atoms with Crippen LogP contribution >= 0.6 is 11.8 Å². The summed E-state index contributed by atoms with van der Waals surface area (Å²) in [5, 5.41) is 2.67. The lowest BCUT2D eigenvalue weighted by Crippen LogP contribution is -2.47. The van der Waals surface area contributed by atoms with Crippen LogP contribution in [0.4, 0.5) is 4.79 Å². The maximum atomic E-state index is 12.9. The largest absolute Gasteiger partial charge is 0.465 e. The third-order valence-electron chi connectivity index (χ3n) is 4.49. The van der Waals surface area contributed by atoms with E-state index in [0.29, 0.717) is 31.3 Å².